The van der Waals surface area contributed by atoms with Gasteiger partial charge in [0.15, 0.2) is 11.2 Å². The summed E-state index contributed by atoms with van der Waals surface area (Å²) in [4.78, 5) is 41.1. The summed E-state index contributed by atoms with van der Waals surface area (Å²) in [5.74, 6) is -0.519. The molecule has 1 unspecified atom stereocenters. The van der Waals surface area contributed by atoms with Gasteiger partial charge in [-0.3, -0.25) is 18.7 Å². The van der Waals surface area contributed by atoms with Crippen LogP contribution in [0.15, 0.2) is 27.6 Å². The Morgan fingerprint density at radius 3 is 2.64 bits per heavy atom. The number of nitrogens with zero attached hydrogens (tertiary/aromatic N) is 4. The zero-order chi connectivity index (χ0) is 20.8. The summed E-state index contributed by atoms with van der Waals surface area (Å²) in [5, 5.41) is 10.3. The van der Waals surface area contributed by atoms with Gasteiger partial charge < -0.3 is 14.4 Å². The van der Waals surface area contributed by atoms with E-state index in [0.717, 1.165) is 16.6 Å². The smallest absolute Gasteiger partial charge is 0.332 e. The molecule has 0 aromatic carbocycles. The van der Waals surface area contributed by atoms with Crippen LogP contribution in [-0.2, 0) is 30.2 Å². The van der Waals surface area contributed by atoms with Crippen molar-refractivity contribution >= 4 is 17.1 Å². The Morgan fingerprint density at radius 2 is 2.00 bits per heavy atom. The number of fused-ring (bicyclic) bond motifs is 1. The van der Waals surface area contributed by atoms with Crippen molar-refractivity contribution in [2.24, 2.45) is 20.0 Å². The summed E-state index contributed by atoms with van der Waals surface area (Å²) in [6.45, 7) is 5.21. The number of carbonyl (C=O) groups excluding carboxylic acids is 1. The third kappa shape index (κ3) is 3.54. The highest BCUT2D eigenvalue weighted by atomic mass is 16.5. The van der Waals surface area contributed by atoms with Crippen LogP contribution in [0.4, 0.5) is 0 Å². The number of esters is 1. The van der Waals surface area contributed by atoms with Crippen LogP contribution in [0.25, 0.3) is 11.2 Å². The summed E-state index contributed by atoms with van der Waals surface area (Å²) in [5.41, 5.74) is -0.518. The molecule has 1 N–H and O–H groups in total. The maximum Gasteiger partial charge on any atom is 0.332 e. The van der Waals surface area contributed by atoms with E-state index >= 15 is 0 Å². The summed E-state index contributed by atoms with van der Waals surface area (Å²) in [7, 11) is 2.90. The molecule has 2 aromatic rings. The monoisotopic (exact) mass is 390 g/mol. The lowest BCUT2D eigenvalue weighted by molar-refractivity contribution is -0.150. The molecule has 0 saturated heterocycles. The Hall–Kier alpha value is -2.68. The van der Waals surface area contributed by atoms with Gasteiger partial charge in [0, 0.05) is 14.1 Å². The van der Waals surface area contributed by atoms with Gasteiger partial charge in [0.1, 0.15) is 12.6 Å². The van der Waals surface area contributed by atoms with Gasteiger partial charge in [-0.15, -0.1) is 0 Å². The number of ether oxygens (including phenoxy) is 1. The Balaban J connectivity index is 1.83. The summed E-state index contributed by atoms with van der Waals surface area (Å²) < 4.78 is 9.27. The van der Waals surface area contributed by atoms with Gasteiger partial charge in [-0.25, -0.2) is 9.78 Å². The molecule has 0 saturated carbocycles. The largest absolute Gasteiger partial charge is 0.457 e. The van der Waals surface area contributed by atoms with Gasteiger partial charge in [0.2, 0.25) is 0 Å². The molecule has 2 atom stereocenters. The Kier molecular flexibility index (Phi) is 5.05. The van der Waals surface area contributed by atoms with E-state index in [2.05, 4.69) is 4.98 Å². The van der Waals surface area contributed by atoms with E-state index in [9.17, 15) is 19.5 Å². The highest BCUT2D eigenvalue weighted by Crippen LogP contribution is 2.33. The normalized spacial score (nSPS) is 20.3. The first-order chi connectivity index (χ1) is 13.0. The molecular formula is C19H26N4O5. The molecule has 9 heteroatoms. The van der Waals surface area contributed by atoms with Gasteiger partial charge in [-0.1, -0.05) is 6.08 Å². The van der Waals surface area contributed by atoms with E-state index in [4.69, 9.17) is 4.74 Å². The van der Waals surface area contributed by atoms with Crippen LogP contribution < -0.4 is 11.2 Å². The molecule has 1 aliphatic rings. The molecule has 3 rings (SSSR count). The molecule has 2 aromatic heterocycles. The fourth-order valence-corrected chi connectivity index (χ4v) is 3.57. The fraction of sp³-hybridized carbons (Fsp3) is 0.579. The molecule has 152 valence electrons. The average molecular weight is 390 g/mol. The van der Waals surface area contributed by atoms with Crippen LogP contribution >= 0.6 is 0 Å². The zero-order valence-corrected chi connectivity index (χ0v) is 16.8. The van der Waals surface area contributed by atoms with E-state index in [-0.39, 0.29) is 23.6 Å². The van der Waals surface area contributed by atoms with Crippen molar-refractivity contribution in [3.05, 3.63) is 38.8 Å². The van der Waals surface area contributed by atoms with Crippen LogP contribution in [-0.4, -0.2) is 41.5 Å². The lowest BCUT2D eigenvalue weighted by Gasteiger charge is -2.35. The number of aliphatic hydroxyl groups is 1. The summed E-state index contributed by atoms with van der Waals surface area (Å²) >= 11 is 0. The molecule has 0 spiro atoms. The molecule has 9 nitrogen and oxygen atoms in total. The minimum absolute atomic E-state index is 0.00936. The van der Waals surface area contributed by atoms with Crippen molar-refractivity contribution in [3.63, 3.8) is 0 Å². The number of imidazole rings is 1. The quantitative estimate of drug-likeness (QED) is 0.601. The number of aromatic nitrogens is 4. The second-order valence-electron chi connectivity index (χ2n) is 8.00. The predicted octanol–water partition coefficient (Wildman–Crippen LogP) is 0.473. The van der Waals surface area contributed by atoms with Crippen molar-refractivity contribution in [2.45, 2.75) is 51.9 Å². The van der Waals surface area contributed by atoms with Gasteiger partial charge in [-0.05, 0) is 45.1 Å². The first kappa shape index (κ1) is 20.1. The molecular weight excluding hydrogens is 364 g/mol. The predicted molar refractivity (Wildman–Crippen MR) is 103 cm³/mol. The highest BCUT2D eigenvalue weighted by molar-refractivity contribution is 5.75. The van der Waals surface area contributed by atoms with E-state index in [1.54, 1.807) is 13.8 Å². The minimum atomic E-state index is -0.862. The van der Waals surface area contributed by atoms with Crippen molar-refractivity contribution in [3.8, 4) is 0 Å². The van der Waals surface area contributed by atoms with Crippen molar-refractivity contribution in [2.75, 3.05) is 0 Å². The lowest BCUT2D eigenvalue weighted by atomic mass is 9.78. The maximum absolute atomic E-state index is 12.5. The standard InChI is InChI=1S/C19H26N4O5/c1-11-6-7-12(19(2,3)27)8-13(11)28-14(24)9-23-10-20-16-15(23)17(25)22(5)18(26)21(16)4/h6,10,12-13,27H,7-9H2,1-5H3/t12-,13?/m1/s1. The molecule has 0 bridgehead atoms. The van der Waals surface area contributed by atoms with E-state index in [0.29, 0.717) is 6.42 Å². The van der Waals surface area contributed by atoms with Gasteiger partial charge in [-0.2, -0.15) is 0 Å². The molecule has 0 radical (unpaired) electrons. The molecule has 2 heterocycles. The van der Waals surface area contributed by atoms with Gasteiger partial charge in [0.25, 0.3) is 5.56 Å². The number of hydrogen-bond donors (Lipinski definition) is 1. The Morgan fingerprint density at radius 1 is 1.32 bits per heavy atom. The number of hydrogen-bond acceptors (Lipinski definition) is 6. The topological polar surface area (TPSA) is 108 Å². The number of aryl methyl sites for hydroxylation is 1. The van der Waals surface area contributed by atoms with Gasteiger partial charge in [0.05, 0.1) is 11.9 Å². The second-order valence-corrected chi connectivity index (χ2v) is 8.00. The lowest BCUT2D eigenvalue weighted by Crippen LogP contribution is -2.38. The minimum Gasteiger partial charge on any atom is -0.457 e. The van der Waals surface area contributed by atoms with E-state index in [1.807, 2.05) is 13.0 Å². The van der Waals surface area contributed by atoms with Crippen LogP contribution in [0.2, 0.25) is 0 Å². The maximum atomic E-state index is 12.5. The molecule has 0 aliphatic heterocycles. The number of rotatable bonds is 4. The SMILES string of the molecule is CC1=CC[C@@H](C(C)(C)O)CC1OC(=O)Cn1cnc2c1c(=O)n(C)c(=O)n2C. The Labute approximate surface area is 161 Å². The van der Waals surface area contributed by atoms with Crippen molar-refractivity contribution in [1.82, 2.24) is 18.7 Å². The first-order valence-electron chi connectivity index (χ1n) is 9.20. The van der Waals surface area contributed by atoms with Crippen LogP contribution in [0.3, 0.4) is 0 Å². The molecule has 28 heavy (non-hydrogen) atoms. The summed E-state index contributed by atoms with van der Waals surface area (Å²) in [6, 6.07) is 0. The average Bonchev–Trinajstić information content (AvgIpc) is 3.02. The Bertz CT molecular complexity index is 1070. The fourth-order valence-electron chi connectivity index (χ4n) is 3.57. The number of carbonyl (C=O) groups is 1. The third-order valence-corrected chi connectivity index (χ3v) is 5.52. The summed E-state index contributed by atoms with van der Waals surface area (Å²) in [6.07, 6.45) is 4.20. The van der Waals surface area contributed by atoms with Crippen LogP contribution in [0.5, 0.6) is 0 Å². The van der Waals surface area contributed by atoms with Crippen molar-refractivity contribution in [1.29, 1.82) is 0 Å². The second kappa shape index (κ2) is 7.05. The van der Waals surface area contributed by atoms with Crippen LogP contribution in [0, 0.1) is 5.92 Å². The van der Waals surface area contributed by atoms with E-state index < -0.39 is 28.9 Å². The molecule has 0 fully saturated rings. The third-order valence-electron chi connectivity index (χ3n) is 5.52. The number of allylic oxidation sites excluding steroid dienone is 1. The molecule has 0 amide bonds. The van der Waals surface area contributed by atoms with Gasteiger partial charge >= 0.3 is 11.7 Å². The highest BCUT2D eigenvalue weighted by Gasteiger charge is 2.33. The first-order valence-corrected chi connectivity index (χ1v) is 9.20. The molecule has 1 aliphatic carbocycles. The van der Waals surface area contributed by atoms with E-state index in [1.165, 1.54) is 29.6 Å². The van der Waals surface area contributed by atoms with Crippen molar-refractivity contribution < 1.29 is 14.6 Å². The van der Waals surface area contributed by atoms with Crippen LogP contribution in [0.1, 0.15) is 33.6 Å². The zero-order valence-electron chi connectivity index (χ0n) is 16.8.